The van der Waals surface area contributed by atoms with Crippen molar-refractivity contribution in [3.63, 3.8) is 0 Å². The van der Waals surface area contributed by atoms with E-state index in [-0.39, 0.29) is 13.2 Å². The lowest BCUT2D eigenvalue weighted by Crippen LogP contribution is -2.26. The van der Waals surface area contributed by atoms with Crippen LogP contribution in [0.15, 0.2) is 48.5 Å². The molecule has 0 spiro atoms. The number of ether oxygens (including phenoxy) is 3. The normalized spacial score (nSPS) is 16.5. The number of benzene rings is 2. The Bertz CT molecular complexity index is 744. The van der Waals surface area contributed by atoms with Crippen molar-refractivity contribution in [2.45, 2.75) is 12.5 Å². The van der Waals surface area contributed by atoms with E-state index in [1.807, 2.05) is 36.4 Å². The van der Waals surface area contributed by atoms with Crippen molar-refractivity contribution in [2.75, 3.05) is 13.2 Å². The van der Waals surface area contributed by atoms with E-state index in [4.69, 9.17) is 25.8 Å². The molecule has 1 aliphatic rings. The van der Waals surface area contributed by atoms with Crippen molar-refractivity contribution in [2.24, 2.45) is 0 Å². The smallest absolute Gasteiger partial charge is 0.347 e. The second kappa shape index (κ2) is 7.36. The molecule has 3 rings (SSSR count). The molecule has 6 heteroatoms. The average Bonchev–Trinajstić information content (AvgIpc) is 2.99. The maximum Gasteiger partial charge on any atom is 0.347 e. The minimum Gasteiger partial charge on any atom is -0.480 e. The van der Waals surface area contributed by atoms with Gasteiger partial charge < -0.3 is 14.2 Å². The van der Waals surface area contributed by atoms with Crippen LogP contribution in [0.2, 0.25) is 5.02 Å². The van der Waals surface area contributed by atoms with Crippen LogP contribution in [-0.2, 0) is 19.1 Å². The molecule has 2 aromatic carbocycles. The molecule has 5 nitrogen and oxygen atoms in total. The molecule has 2 aromatic rings. The summed E-state index contributed by atoms with van der Waals surface area (Å²) in [6, 6.07) is 15.1. The summed E-state index contributed by atoms with van der Waals surface area (Å²) in [5.74, 6) is -0.780. The molecule has 0 N–H and O–H groups in total. The van der Waals surface area contributed by atoms with Gasteiger partial charge in [0.15, 0.2) is 6.61 Å². The predicted molar refractivity (Wildman–Crippen MR) is 87.8 cm³/mol. The first kappa shape index (κ1) is 16.3. The summed E-state index contributed by atoms with van der Waals surface area (Å²) in [6.07, 6.45) is -0.464. The van der Waals surface area contributed by atoms with Crippen molar-refractivity contribution in [1.82, 2.24) is 0 Å². The molecule has 124 valence electrons. The van der Waals surface area contributed by atoms with E-state index >= 15 is 0 Å². The van der Waals surface area contributed by atoms with E-state index in [0.29, 0.717) is 17.2 Å². The van der Waals surface area contributed by atoms with Crippen molar-refractivity contribution in [3.8, 4) is 16.9 Å². The average molecular weight is 347 g/mol. The summed E-state index contributed by atoms with van der Waals surface area (Å²) >= 11 is 6.20. The highest BCUT2D eigenvalue weighted by Gasteiger charge is 2.30. The first-order chi connectivity index (χ1) is 11.6. The molecule has 24 heavy (non-hydrogen) atoms. The number of esters is 2. The van der Waals surface area contributed by atoms with E-state index < -0.39 is 18.0 Å². The minimum absolute atomic E-state index is 0.268. The van der Waals surface area contributed by atoms with Gasteiger partial charge in [-0.3, -0.25) is 0 Å². The highest BCUT2D eigenvalue weighted by molar-refractivity contribution is 6.32. The zero-order chi connectivity index (χ0) is 16.9. The molecule has 0 amide bonds. The molecule has 0 unspecified atom stereocenters. The topological polar surface area (TPSA) is 61.8 Å². The van der Waals surface area contributed by atoms with Gasteiger partial charge in [-0.25, -0.2) is 9.59 Å². The molecule has 1 aliphatic heterocycles. The van der Waals surface area contributed by atoms with E-state index in [1.165, 1.54) is 0 Å². The molecule has 1 saturated heterocycles. The summed E-state index contributed by atoms with van der Waals surface area (Å²) in [6.45, 7) is -0.0569. The second-order valence-electron chi connectivity index (χ2n) is 5.23. The first-order valence-corrected chi connectivity index (χ1v) is 7.85. The molecule has 0 bridgehead atoms. The summed E-state index contributed by atoms with van der Waals surface area (Å²) < 4.78 is 15.1. The summed E-state index contributed by atoms with van der Waals surface area (Å²) in [4.78, 5) is 23.0. The van der Waals surface area contributed by atoms with Gasteiger partial charge in [-0.15, -0.1) is 0 Å². The SMILES string of the molecule is O=C(COc1ccc(-c2ccccc2)cc1Cl)O[C@@H]1CCOC1=O. The van der Waals surface area contributed by atoms with E-state index in [0.717, 1.165) is 11.1 Å². The number of carbonyl (C=O) groups excluding carboxylic acids is 2. The largest absolute Gasteiger partial charge is 0.480 e. The van der Waals surface area contributed by atoms with Crippen molar-refractivity contribution in [1.29, 1.82) is 0 Å². The fraction of sp³-hybridized carbons (Fsp3) is 0.222. The van der Waals surface area contributed by atoms with Crippen LogP contribution < -0.4 is 4.74 Å². The van der Waals surface area contributed by atoms with Crippen LogP contribution in [0.1, 0.15) is 6.42 Å². The quantitative estimate of drug-likeness (QED) is 0.778. The first-order valence-electron chi connectivity index (χ1n) is 7.47. The molecule has 0 saturated carbocycles. The van der Waals surface area contributed by atoms with Gasteiger partial charge in [-0.1, -0.05) is 48.0 Å². The molecule has 1 heterocycles. The Morgan fingerprint density at radius 2 is 1.96 bits per heavy atom. The number of halogens is 1. The molecule has 1 atom stereocenters. The highest BCUT2D eigenvalue weighted by Crippen LogP contribution is 2.30. The summed E-state index contributed by atoms with van der Waals surface area (Å²) in [5.41, 5.74) is 1.98. The lowest BCUT2D eigenvalue weighted by Gasteiger charge is -2.11. The van der Waals surface area contributed by atoms with Crippen LogP contribution in [0, 0.1) is 0 Å². The van der Waals surface area contributed by atoms with Crippen LogP contribution in [0.3, 0.4) is 0 Å². The number of cyclic esters (lactones) is 1. The molecule has 0 radical (unpaired) electrons. The van der Waals surface area contributed by atoms with Crippen LogP contribution in [0.4, 0.5) is 0 Å². The van der Waals surface area contributed by atoms with Crippen molar-refractivity contribution in [3.05, 3.63) is 53.6 Å². The van der Waals surface area contributed by atoms with Gasteiger partial charge in [-0.05, 0) is 23.3 Å². The Morgan fingerprint density at radius 3 is 2.62 bits per heavy atom. The Balaban J connectivity index is 1.59. The second-order valence-corrected chi connectivity index (χ2v) is 5.64. The Kier molecular flexibility index (Phi) is 5.01. The Labute approximate surface area is 144 Å². The zero-order valence-electron chi connectivity index (χ0n) is 12.7. The Morgan fingerprint density at radius 1 is 1.17 bits per heavy atom. The number of carbonyl (C=O) groups is 2. The fourth-order valence-corrected chi connectivity index (χ4v) is 2.58. The molecule has 0 aromatic heterocycles. The molecule has 1 fully saturated rings. The van der Waals surface area contributed by atoms with E-state index in [9.17, 15) is 9.59 Å². The molecular weight excluding hydrogens is 332 g/mol. The number of hydrogen-bond donors (Lipinski definition) is 0. The lowest BCUT2D eigenvalue weighted by molar-refractivity contribution is -0.161. The predicted octanol–water partition coefficient (Wildman–Crippen LogP) is 3.24. The van der Waals surface area contributed by atoms with Crippen LogP contribution >= 0.6 is 11.6 Å². The summed E-state index contributed by atoms with van der Waals surface area (Å²) in [5, 5.41) is 0.393. The van der Waals surface area contributed by atoms with Gasteiger partial charge in [0.1, 0.15) is 5.75 Å². The maximum atomic E-state index is 11.7. The van der Waals surface area contributed by atoms with Gasteiger partial charge >= 0.3 is 11.9 Å². The lowest BCUT2D eigenvalue weighted by atomic mass is 10.1. The fourth-order valence-electron chi connectivity index (χ4n) is 2.34. The van der Waals surface area contributed by atoms with Crippen molar-refractivity contribution < 1.29 is 23.8 Å². The third-order valence-electron chi connectivity index (χ3n) is 3.55. The van der Waals surface area contributed by atoms with Gasteiger partial charge in [0, 0.05) is 6.42 Å². The van der Waals surface area contributed by atoms with Crippen LogP contribution in [0.25, 0.3) is 11.1 Å². The van der Waals surface area contributed by atoms with Gasteiger partial charge in [0.2, 0.25) is 6.10 Å². The van der Waals surface area contributed by atoms with Crippen LogP contribution in [-0.4, -0.2) is 31.3 Å². The van der Waals surface area contributed by atoms with E-state index in [1.54, 1.807) is 12.1 Å². The number of hydrogen-bond acceptors (Lipinski definition) is 5. The highest BCUT2D eigenvalue weighted by atomic mass is 35.5. The van der Waals surface area contributed by atoms with Crippen LogP contribution in [0.5, 0.6) is 5.75 Å². The molecular formula is C18H15ClO5. The third-order valence-corrected chi connectivity index (χ3v) is 3.84. The monoisotopic (exact) mass is 346 g/mol. The molecule has 0 aliphatic carbocycles. The Hall–Kier alpha value is -2.53. The van der Waals surface area contributed by atoms with E-state index in [2.05, 4.69) is 0 Å². The number of rotatable bonds is 5. The minimum atomic E-state index is -0.836. The van der Waals surface area contributed by atoms with Crippen molar-refractivity contribution >= 4 is 23.5 Å². The van der Waals surface area contributed by atoms with Gasteiger partial charge in [0.25, 0.3) is 0 Å². The summed E-state index contributed by atoms with van der Waals surface area (Å²) in [7, 11) is 0. The van der Waals surface area contributed by atoms with Gasteiger partial charge in [0.05, 0.1) is 11.6 Å². The third kappa shape index (κ3) is 3.86. The zero-order valence-corrected chi connectivity index (χ0v) is 13.5. The standard InChI is InChI=1S/C18H15ClO5/c19-14-10-13(12-4-2-1-3-5-12)6-7-15(14)23-11-17(20)24-16-8-9-22-18(16)21/h1-7,10,16H,8-9,11H2/t16-/m1/s1. The van der Waals surface area contributed by atoms with Gasteiger partial charge in [-0.2, -0.15) is 0 Å². The maximum absolute atomic E-state index is 11.7.